The number of hydrogen-bond donors (Lipinski definition) is 4. The molecule has 2 heterocycles. The summed E-state index contributed by atoms with van der Waals surface area (Å²) >= 11 is 0. The summed E-state index contributed by atoms with van der Waals surface area (Å²) in [4.78, 5) is 36.5. The van der Waals surface area contributed by atoms with Gasteiger partial charge in [-0.2, -0.15) is 13.2 Å². The molecule has 4 atom stereocenters. The molecule has 2 aliphatic rings. The lowest BCUT2D eigenvalue weighted by atomic mass is 9.84. The molecule has 2 aromatic rings. The zero-order valence-corrected chi connectivity index (χ0v) is 23.6. The lowest BCUT2D eigenvalue weighted by Crippen LogP contribution is -2.59. The Morgan fingerprint density at radius 2 is 1.90 bits per heavy atom. The first kappa shape index (κ1) is 30.0. The van der Waals surface area contributed by atoms with Crippen LogP contribution in [-0.2, 0) is 22.2 Å². The summed E-state index contributed by atoms with van der Waals surface area (Å²) in [5, 5.41) is 10.0. The molecule has 40 heavy (non-hydrogen) atoms. The Labute approximate surface area is 232 Å². The van der Waals surface area contributed by atoms with Gasteiger partial charge in [0.2, 0.25) is 11.8 Å². The molecule has 4 rings (SSSR count). The van der Waals surface area contributed by atoms with E-state index in [1.165, 1.54) is 13.0 Å². The van der Waals surface area contributed by atoms with Crippen molar-refractivity contribution < 1.29 is 22.8 Å². The van der Waals surface area contributed by atoms with E-state index >= 15 is 0 Å². The van der Waals surface area contributed by atoms with Gasteiger partial charge in [0, 0.05) is 36.9 Å². The molecular formula is C28H40F3N7O2. The van der Waals surface area contributed by atoms with E-state index in [9.17, 15) is 22.8 Å². The third kappa shape index (κ3) is 7.20. The largest absolute Gasteiger partial charge is 0.416 e. The molecule has 12 heteroatoms. The summed E-state index contributed by atoms with van der Waals surface area (Å²) in [6, 6.07) is 2.55. The summed E-state index contributed by atoms with van der Waals surface area (Å²) in [6.07, 6.45) is -0.675. The first-order valence-electron chi connectivity index (χ1n) is 13.9. The Balaban J connectivity index is 1.57. The number of aromatic nitrogens is 2. The second-order valence-corrected chi connectivity index (χ2v) is 11.9. The van der Waals surface area contributed by atoms with Crippen molar-refractivity contribution in [3.63, 3.8) is 0 Å². The third-order valence-corrected chi connectivity index (χ3v) is 7.46. The van der Waals surface area contributed by atoms with Crippen LogP contribution in [0.1, 0.15) is 71.2 Å². The summed E-state index contributed by atoms with van der Waals surface area (Å²) in [7, 11) is 0. The van der Waals surface area contributed by atoms with Gasteiger partial charge in [0.25, 0.3) is 0 Å². The molecule has 2 amide bonds. The molecule has 0 radical (unpaired) electrons. The second kappa shape index (κ2) is 11.9. The number of nitrogens with one attached hydrogen (secondary N) is 3. The van der Waals surface area contributed by atoms with E-state index in [0.717, 1.165) is 25.0 Å². The minimum Gasteiger partial charge on any atom is -0.358 e. The maximum Gasteiger partial charge on any atom is 0.416 e. The Morgan fingerprint density at radius 3 is 2.55 bits per heavy atom. The lowest BCUT2D eigenvalue weighted by Gasteiger charge is -2.43. The maximum atomic E-state index is 13.7. The number of likely N-dealkylation sites (tertiary alicyclic amines) is 1. The first-order chi connectivity index (χ1) is 18.7. The van der Waals surface area contributed by atoms with Gasteiger partial charge >= 0.3 is 6.18 Å². The normalized spacial score (nSPS) is 24.0. The van der Waals surface area contributed by atoms with Crippen molar-refractivity contribution in [2.75, 3.05) is 18.4 Å². The predicted octanol–water partition coefficient (Wildman–Crippen LogP) is 3.37. The van der Waals surface area contributed by atoms with Gasteiger partial charge in [-0.15, -0.1) is 0 Å². The van der Waals surface area contributed by atoms with Crippen molar-refractivity contribution in [3.8, 4) is 0 Å². The van der Waals surface area contributed by atoms with Gasteiger partial charge in [-0.05, 0) is 77.6 Å². The maximum absolute atomic E-state index is 13.7. The second-order valence-electron chi connectivity index (χ2n) is 11.9. The molecule has 1 unspecified atom stereocenters. The van der Waals surface area contributed by atoms with Gasteiger partial charge in [0.15, 0.2) is 0 Å². The average molecular weight is 564 g/mol. The van der Waals surface area contributed by atoms with Crippen LogP contribution in [0.25, 0.3) is 10.9 Å². The van der Waals surface area contributed by atoms with Crippen molar-refractivity contribution in [1.82, 2.24) is 25.5 Å². The van der Waals surface area contributed by atoms with E-state index in [4.69, 9.17) is 5.73 Å². The molecule has 1 saturated heterocycles. The number of hydrogen-bond acceptors (Lipinski definition) is 7. The highest BCUT2D eigenvalue weighted by Crippen LogP contribution is 2.34. The highest BCUT2D eigenvalue weighted by atomic mass is 19.4. The van der Waals surface area contributed by atoms with Crippen molar-refractivity contribution in [2.45, 2.75) is 102 Å². The zero-order valence-electron chi connectivity index (χ0n) is 23.6. The molecular weight excluding hydrogens is 523 g/mol. The molecule has 1 saturated carbocycles. The zero-order chi connectivity index (χ0) is 29.2. The van der Waals surface area contributed by atoms with Crippen LogP contribution in [0.4, 0.5) is 19.0 Å². The number of carbonyl (C=O) groups excluding carboxylic acids is 2. The van der Waals surface area contributed by atoms with Crippen LogP contribution in [0, 0.1) is 0 Å². The van der Waals surface area contributed by atoms with E-state index in [2.05, 4.69) is 46.7 Å². The number of anilines is 1. The monoisotopic (exact) mass is 563 g/mol. The Hall–Kier alpha value is -2.99. The van der Waals surface area contributed by atoms with E-state index < -0.39 is 17.8 Å². The number of halogens is 3. The van der Waals surface area contributed by atoms with Gasteiger partial charge < -0.3 is 26.6 Å². The molecule has 2 fully saturated rings. The van der Waals surface area contributed by atoms with Crippen molar-refractivity contribution in [1.29, 1.82) is 0 Å². The van der Waals surface area contributed by atoms with Gasteiger partial charge in [-0.3, -0.25) is 9.59 Å². The summed E-state index contributed by atoms with van der Waals surface area (Å²) < 4.78 is 40.5. The SMILES string of the molecule is CC(=O)N[C@@H]1C[C@H](NC(C)(C)C)CC[C@@H]1N1CCC(Nc2nc(CCCN)nc3ccc(C(F)(F)F)cc23)C1=O. The van der Waals surface area contributed by atoms with Gasteiger partial charge in [-0.25, -0.2) is 9.97 Å². The van der Waals surface area contributed by atoms with Crippen LogP contribution in [0.5, 0.6) is 0 Å². The number of amides is 2. The minimum atomic E-state index is -4.52. The smallest absolute Gasteiger partial charge is 0.358 e. The summed E-state index contributed by atoms with van der Waals surface area (Å²) in [6.45, 7) is 8.68. The van der Waals surface area contributed by atoms with Crippen molar-refractivity contribution in [3.05, 3.63) is 29.6 Å². The van der Waals surface area contributed by atoms with E-state index in [0.29, 0.717) is 50.1 Å². The van der Waals surface area contributed by atoms with E-state index in [1.807, 2.05) is 4.90 Å². The van der Waals surface area contributed by atoms with Gasteiger partial charge in [0.1, 0.15) is 17.7 Å². The predicted molar refractivity (Wildman–Crippen MR) is 148 cm³/mol. The summed E-state index contributed by atoms with van der Waals surface area (Å²) in [5.41, 5.74) is 5.12. The first-order valence-corrected chi connectivity index (χ1v) is 13.9. The molecule has 0 spiro atoms. The molecule has 5 N–H and O–H groups in total. The third-order valence-electron chi connectivity index (χ3n) is 7.46. The Bertz CT molecular complexity index is 1230. The van der Waals surface area contributed by atoms with Crippen molar-refractivity contribution >= 4 is 28.5 Å². The Kier molecular flexibility index (Phi) is 8.89. The highest BCUT2D eigenvalue weighted by Gasteiger charge is 2.43. The van der Waals surface area contributed by atoms with Crippen LogP contribution in [-0.4, -0.2) is 69.5 Å². The number of benzene rings is 1. The topological polar surface area (TPSA) is 125 Å². The number of nitrogens with two attached hydrogens (primary N) is 1. The molecule has 1 aromatic carbocycles. The van der Waals surface area contributed by atoms with Gasteiger partial charge in [0.05, 0.1) is 23.2 Å². The molecule has 1 aromatic heterocycles. The van der Waals surface area contributed by atoms with Crippen LogP contribution >= 0.6 is 0 Å². The van der Waals surface area contributed by atoms with Crippen LogP contribution in [0.3, 0.4) is 0 Å². The van der Waals surface area contributed by atoms with E-state index in [-0.39, 0.29) is 46.7 Å². The fourth-order valence-electron chi connectivity index (χ4n) is 5.85. The number of rotatable bonds is 8. The lowest BCUT2D eigenvalue weighted by molar-refractivity contribution is -0.137. The van der Waals surface area contributed by atoms with Crippen LogP contribution < -0.4 is 21.7 Å². The van der Waals surface area contributed by atoms with Gasteiger partial charge in [-0.1, -0.05) is 0 Å². The number of carbonyl (C=O) groups is 2. The number of alkyl halides is 3. The minimum absolute atomic E-state index is 0.0773. The number of fused-ring (bicyclic) bond motifs is 1. The average Bonchev–Trinajstić information content (AvgIpc) is 3.20. The fourth-order valence-corrected chi connectivity index (χ4v) is 5.85. The highest BCUT2D eigenvalue weighted by molar-refractivity contribution is 5.93. The quantitative estimate of drug-likeness (QED) is 0.388. The van der Waals surface area contributed by atoms with Crippen molar-refractivity contribution in [2.24, 2.45) is 5.73 Å². The Morgan fingerprint density at radius 1 is 1.15 bits per heavy atom. The van der Waals surface area contributed by atoms with E-state index in [1.54, 1.807) is 0 Å². The van der Waals surface area contributed by atoms with Crippen LogP contribution in [0.2, 0.25) is 0 Å². The number of nitrogens with zero attached hydrogens (tertiary/aromatic N) is 3. The molecule has 1 aliphatic carbocycles. The summed E-state index contributed by atoms with van der Waals surface area (Å²) in [5.74, 6) is 0.369. The standard InChI is InChI=1S/C28H40F3N7O2/c1-16(39)33-22-15-18(37-27(2,3)4)8-10-23(22)38-13-11-21(26(38)40)35-25-19-14-17(28(29,30)31)7-9-20(19)34-24(36-25)6-5-12-32/h7,9,14,18,21-23,37H,5-6,8,10-13,15,32H2,1-4H3,(H,33,39)(H,34,35,36)/t18-,21?,22-,23+/m1/s1. The molecule has 9 nitrogen and oxygen atoms in total. The molecule has 1 aliphatic heterocycles. The molecule has 0 bridgehead atoms. The fraction of sp³-hybridized carbons (Fsp3) is 0.643. The van der Waals surface area contributed by atoms with Crippen LogP contribution in [0.15, 0.2) is 18.2 Å². The number of aryl methyl sites for hydroxylation is 1. The molecule has 220 valence electrons.